The number of aliphatic imine (C=N–C) groups is 1. The highest BCUT2D eigenvalue weighted by molar-refractivity contribution is 9.10. The Kier molecular flexibility index (Phi) is 5.78. The van der Waals surface area contributed by atoms with Crippen LogP contribution in [0.25, 0.3) is 0 Å². The van der Waals surface area contributed by atoms with Crippen molar-refractivity contribution >= 4 is 21.9 Å². The summed E-state index contributed by atoms with van der Waals surface area (Å²) in [5, 5.41) is 3.53. The number of hydrogen-bond acceptors (Lipinski definition) is 2. The van der Waals surface area contributed by atoms with E-state index in [0.717, 1.165) is 36.5 Å². The third kappa shape index (κ3) is 4.24. The van der Waals surface area contributed by atoms with Crippen LogP contribution >= 0.6 is 15.9 Å². The normalized spacial score (nSPS) is 21.4. The summed E-state index contributed by atoms with van der Waals surface area (Å²) in [5.41, 5.74) is 2.57. The minimum atomic E-state index is 0.434. The predicted molar refractivity (Wildman–Crippen MR) is 106 cm³/mol. The minimum absolute atomic E-state index is 0.434. The minimum Gasteiger partial charge on any atom is -0.352 e. The number of rotatable bonds is 3. The van der Waals surface area contributed by atoms with E-state index in [4.69, 9.17) is 0 Å². The fraction of sp³-hybridized carbons (Fsp3) is 0.474. The Hall–Kier alpha value is -1.82. The molecule has 0 aliphatic carbocycles. The van der Waals surface area contributed by atoms with Gasteiger partial charge in [-0.25, -0.2) is 4.98 Å². The fourth-order valence-electron chi connectivity index (χ4n) is 3.46. The molecule has 1 aliphatic heterocycles. The largest absolute Gasteiger partial charge is 0.352 e. The van der Waals surface area contributed by atoms with Crippen LogP contribution in [-0.4, -0.2) is 40.5 Å². The fourth-order valence-corrected chi connectivity index (χ4v) is 3.93. The first-order valence-electron chi connectivity index (χ1n) is 8.76. The topological polar surface area (TPSA) is 45.5 Å². The summed E-state index contributed by atoms with van der Waals surface area (Å²) in [6, 6.07) is 6.83. The highest BCUT2D eigenvalue weighted by atomic mass is 79.9. The molecule has 0 bridgehead atoms. The molecule has 1 fully saturated rings. The second-order valence-electron chi connectivity index (χ2n) is 6.76. The smallest absolute Gasteiger partial charge is 0.193 e. The number of likely N-dealkylation sites (tertiary alicyclic amines) is 1. The van der Waals surface area contributed by atoms with E-state index in [1.165, 1.54) is 11.1 Å². The molecule has 2 aromatic rings. The lowest BCUT2D eigenvalue weighted by molar-refractivity contribution is 0.189. The van der Waals surface area contributed by atoms with E-state index in [9.17, 15) is 0 Å². The molecule has 6 heteroatoms. The molecule has 0 spiro atoms. The summed E-state index contributed by atoms with van der Waals surface area (Å²) in [7, 11) is 1.86. The molecule has 1 aromatic heterocycles. The molecular formula is C19H26BrN5. The van der Waals surface area contributed by atoms with Crippen molar-refractivity contribution in [2.75, 3.05) is 20.1 Å². The molecule has 2 atom stereocenters. The molecule has 2 unspecified atom stereocenters. The van der Waals surface area contributed by atoms with Gasteiger partial charge >= 0.3 is 0 Å². The van der Waals surface area contributed by atoms with E-state index in [2.05, 4.69) is 78.9 Å². The first kappa shape index (κ1) is 18.0. The van der Waals surface area contributed by atoms with Crippen molar-refractivity contribution in [2.24, 2.45) is 10.9 Å². The van der Waals surface area contributed by atoms with Crippen molar-refractivity contribution in [3.05, 3.63) is 52.5 Å². The quantitative estimate of drug-likeness (QED) is 0.628. The second kappa shape index (κ2) is 8.04. The monoisotopic (exact) mass is 403 g/mol. The van der Waals surface area contributed by atoms with Gasteiger partial charge in [0, 0.05) is 43.5 Å². The van der Waals surface area contributed by atoms with Crippen molar-refractivity contribution in [2.45, 2.75) is 32.9 Å². The molecule has 0 radical (unpaired) electrons. The number of imidazole rings is 1. The lowest BCUT2D eigenvalue weighted by atomic mass is 9.93. The highest BCUT2D eigenvalue weighted by Crippen LogP contribution is 2.27. The van der Waals surface area contributed by atoms with Crippen molar-refractivity contribution in [1.29, 1.82) is 0 Å². The second-order valence-corrected chi connectivity index (χ2v) is 7.68. The summed E-state index contributed by atoms with van der Waals surface area (Å²) >= 11 is 3.52. The van der Waals surface area contributed by atoms with E-state index in [-0.39, 0.29) is 0 Å². The molecule has 0 amide bonds. The average molecular weight is 404 g/mol. The van der Waals surface area contributed by atoms with Crippen LogP contribution < -0.4 is 5.32 Å². The van der Waals surface area contributed by atoms with Crippen LogP contribution in [0.5, 0.6) is 0 Å². The maximum absolute atomic E-state index is 4.51. The van der Waals surface area contributed by atoms with Gasteiger partial charge in [0.15, 0.2) is 5.96 Å². The summed E-state index contributed by atoms with van der Waals surface area (Å²) in [4.78, 5) is 11.1. The first-order valence-corrected chi connectivity index (χ1v) is 9.56. The Bertz CT molecular complexity index is 725. The molecule has 134 valence electrons. The molecule has 2 heterocycles. The van der Waals surface area contributed by atoms with Crippen LogP contribution in [0, 0.1) is 12.8 Å². The maximum atomic E-state index is 4.51. The van der Waals surface area contributed by atoms with Gasteiger partial charge in [0.25, 0.3) is 0 Å². The summed E-state index contributed by atoms with van der Waals surface area (Å²) in [6.45, 7) is 7.24. The highest BCUT2D eigenvalue weighted by Gasteiger charge is 2.28. The molecular weight excluding hydrogens is 378 g/mol. The van der Waals surface area contributed by atoms with Gasteiger partial charge in [0.2, 0.25) is 0 Å². The van der Waals surface area contributed by atoms with E-state index >= 15 is 0 Å². The van der Waals surface area contributed by atoms with Crippen LogP contribution in [0.1, 0.15) is 30.5 Å². The zero-order valence-corrected chi connectivity index (χ0v) is 16.7. The van der Waals surface area contributed by atoms with Crippen LogP contribution in [0.15, 0.2) is 46.4 Å². The number of guanidine groups is 1. The van der Waals surface area contributed by atoms with Crippen molar-refractivity contribution < 1.29 is 0 Å². The molecule has 25 heavy (non-hydrogen) atoms. The van der Waals surface area contributed by atoms with Crippen molar-refractivity contribution in [3.8, 4) is 0 Å². The van der Waals surface area contributed by atoms with Gasteiger partial charge in [-0.2, -0.15) is 0 Å². The Balaban J connectivity index is 1.66. The Morgan fingerprint density at radius 1 is 1.44 bits per heavy atom. The molecule has 0 saturated carbocycles. The molecule has 3 rings (SSSR count). The molecule has 1 N–H and O–H groups in total. The molecule has 1 aliphatic rings. The third-order valence-electron chi connectivity index (χ3n) is 5.08. The number of piperidine rings is 1. The lowest BCUT2D eigenvalue weighted by Crippen LogP contribution is -2.48. The van der Waals surface area contributed by atoms with Gasteiger partial charge in [-0.15, -0.1) is 0 Å². The Morgan fingerprint density at radius 2 is 2.28 bits per heavy atom. The number of hydrogen-bond donors (Lipinski definition) is 1. The van der Waals surface area contributed by atoms with Crippen LogP contribution in [-0.2, 0) is 6.54 Å². The SMILES string of the molecule is CN=C(NCc1ccc(Br)cc1C)N1CCC(C)C(n2ccnc2)C1. The number of aromatic nitrogens is 2. The number of nitrogens with one attached hydrogen (secondary N) is 1. The standard InChI is InChI=1S/C19H26BrN5/c1-14-6-8-24(12-18(14)25-9-7-22-13-25)19(21-3)23-11-16-4-5-17(20)10-15(16)2/h4-5,7,9-10,13-14,18H,6,8,11-12H2,1-3H3,(H,21,23). The molecule has 5 nitrogen and oxygen atoms in total. The van der Waals surface area contributed by atoms with Crippen LogP contribution in [0.2, 0.25) is 0 Å². The zero-order chi connectivity index (χ0) is 17.8. The number of halogens is 1. The maximum Gasteiger partial charge on any atom is 0.193 e. The van der Waals surface area contributed by atoms with Crippen LogP contribution in [0.4, 0.5) is 0 Å². The predicted octanol–water partition coefficient (Wildman–Crippen LogP) is 3.61. The van der Waals surface area contributed by atoms with E-state index in [1.807, 2.05) is 19.6 Å². The first-order chi connectivity index (χ1) is 12.1. The third-order valence-corrected chi connectivity index (χ3v) is 5.57. The van der Waals surface area contributed by atoms with Gasteiger partial charge in [-0.05, 0) is 42.5 Å². The summed E-state index contributed by atoms with van der Waals surface area (Å²) in [6.07, 6.45) is 6.99. The zero-order valence-electron chi connectivity index (χ0n) is 15.1. The molecule has 1 saturated heterocycles. The number of nitrogens with zero attached hydrogens (tertiary/aromatic N) is 4. The van der Waals surface area contributed by atoms with Crippen molar-refractivity contribution in [3.63, 3.8) is 0 Å². The summed E-state index contributed by atoms with van der Waals surface area (Å²) in [5.74, 6) is 1.61. The Morgan fingerprint density at radius 3 is 2.96 bits per heavy atom. The Labute approximate surface area is 158 Å². The van der Waals surface area contributed by atoms with Gasteiger partial charge in [-0.1, -0.05) is 28.9 Å². The molecule has 1 aromatic carbocycles. The number of aryl methyl sites for hydroxylation is 1. The van der Waals surface area contributed by atoms with E-state index < -0.39 is 0 Å². The number of benzene rings is 1. The van der Waals surface area contributed by atoms with Gasteiger partial charge in [0.05, 0.1) is 12.4 Å². The summed E-state index contributed by atoms with van der Waals surface area (Å²) < 4.78 is 3.34. The average Bonchev–Trinajstić information content (AvgIpc) is 3.12. The van der Waals surface area contributed by atoms with Crippen molar-refractivity contribution in [1.82, 2.24) is 19.8 Å². The van der Waals surface area contributed by atoms with E-state index in [0.29, 0.717) is 12.0 Å². The van der Waals surface area contributed by atoms with Gasteiger partial charge in [0.1, 0.15) is 0 Å². The van der Waals surface area contributed by atoms with Gasteiger partial charge in [-0.3, -0.25) is 4.99 Å². The van der Waals surface area contributed by atoms with E-state index in [1.54, 1.807) is 0 Å². The van der Waals surface area contributed by atoms with Gasteiger partial charge < -0.3 is 14.8 Å². The van der Waals surface area contributed by atoms with Crippen LogP contribution in [0.3, 0.4) is 0 Å². The lowest BCUT2D eigenvalue weighted by Gasteiger charge is -2.39.